The molecule has 0 N–H and O–H groups in total. The highest BCUT2D eigenvalue weighted by atomic mass is 32.1. The number of nitrogens with zero attached hydrogens (tertiary/aromatic N) is 5. The van der Waals surface area contributed by atoms with Crippen LogP contribution in [0.4, 0.5) is 0 Å². The van der Waals surface area contributed by atoms with E-state index < -0.39 is 0 Å². The van der Waals surface area contributed by atoms with Crippen LogP contribution in [0.5, 0.6) is 0 Å². The molecule has 0 spiro atoms. The lowest BCUT2D eigenvalue weighted by atomic mass is 10.1. The first-order valence-corrected chi connectivity index (χ1v) is 11.9. The Kier molecular flexibility index (Phi) is 4.97. The Balaban J connectivity index is 1.52. The third-order valence-corrected chi connectivity index (χ3v) is 7.28. The molecule has 1 atom stereocenters. The highest BCUT2D eigenvalue weighted by molar-refractivity contribution is 7.71. The van der Waals surface area contributed by atoms with Crippen LogP contribution in [0.25, 0.3) is 22.4 Å². The van der Waals surface area contributed by atoms with Crippen LogP contribution in [-0.4, -0.2) is 30.7 Å². The number of aryl methyl sites for hydroxylation is 2. The molecule has 7 heteroatoms. The lowest BCUT2D eigenvalue weighted by molar-refractivity contribution is 0.182. The molecule has 0 bridgehead atoms. The number of para-hydroxylation sites is 1. The fourth-order valence-corrected chi connectivity index (χ4v) is 5.41. The van der Waals surface area contributed by atoms with Crippen LogP contribution in [0.15, 0.2) is 77.6 Å². The van der Waals surface area contributed by atoms with Crippen molar-refractivity contribution in [2.75, 3.05) is 7.05 Å². The van der Waals surface area contributed by atoms with E-state index in [-0.39, 0.29) is 5.56 Å². The van der Waals surface area contributed by atoms with Crippen molar-refractivity contribution < 1.29 is 0 Å². The van der Waals surface area contributed by atoms with Gasteiger partial charge < -0.3 is 0 Å². The first kappa shape index (κ1) is 21.0. The number of benzene rings is 3. The minimum atomic E-state index is -0.0998. The molecule has 170 valence electrons. The van der Waals surface area contributed by atoms with Gasteiger partial charge in [0.2, 0.25) is 10.5 Å². The molecule has 0 saturated carbocycles. The average Bonchev–Trinajstić information content (AvgIpc) is 3.42. The molecule has 0 fully saturated rings. The summed E-state index contributed by atoms with van der Waals surface area (Å²) in [5.74, 6) is 0.526. The summed E-state index contributed by atoms with van der Waals surface area (Å²) in [6.45, 7) is 2.57. The van der Waals surface area contributed by atoms with E-state index in [0.29, 0.717) is 28.6 Å². The maximum absolute atomic E-state index is 13.6. The van der Waals surface area contributed by atoms with Crippen LogP contribution in [0.1, 0.15) is 29.2 Å². The summed E-state index contributed by atoms with van der Waals surface area (Å²) in [7, 11) is 2.11. The van der Waals surface area contributed by atoms with E-state index in [1.54, 1.807) is 4.57 Å². The van der Waals surface area contributed by atoms with Gasteiger partial charge in [0.1, 0.15) is 0 Å². The molecule has 5 aromatic rings. The molecule has 2 aromatic heterocycles. The van der Waals surface area contributed by atoms with Crippen molar-refractivity contribution in [2.45, 2.75) is 32.5 Å². The van der Waals surface area contributed by atoms with Crippen LogP contribution in [0.3, 0.4) is 0 Å². The summed E-state index contributed by atoms with van der Waals surface area (Å²) in [5, 5.41) is 5.50. The smallest absolute Gasteiger partial charge is 0.267 e. The molecule has 0 saturated heterocycles. The van der Waals surface area contributed by atoms with Crippen molar-refractivity contribution in [1.82, 2.24) is 23.6 Å². The van der Waals surface area contributed by atoms with Gasteiger partial charge in [-0.3, -0.25) is 14.1 Å². The number of rotatable bonds is 4. The Labute approximate surface area is 202 Å². The molecule has 1 aliphatic rings. The van der Waals surface area contributed by atoms with Gasteiger partial charge in [-0.1, -0.05) is 54.1 Å². The molecular weight excluding hydrogens is 442 g/mol. The summed E-state index contributed by atoms with van der Waals surface area (Å²) in [6, 6.07) is 24.5. The highest BCUT2D eigenvalue weighted by Crippen LogP contribution is 2.35. The van der Waals surface area contributed by atoms with Gasteiger partial charge in [-0.15, -0.1) is 5.10 Å². The SMILES string of the molecule is Cc1ccc(-n2c(=O)c3ccccc3n3c(=S)n(CN(C)C4CCc5ccccc54)nc23)cc1. The highest BCUT2D eigenvalue weighted by Gasteiger charge is 2.26. The molecule has 0 aliphatic heterocycles. The Morgan fingerprint density at radius 1 is 1.03 bits per heavy atom. The van der Waals surface area contributed by atoms with Crippen molar-refractivity contribution in [1.29, 1.82) is 0 Å². The Bertz CT molecular complexity index is 1660. The van der Waals surface area contributed by atoms with E-state index in [1.807, 2.05) is 64.5 Å². The van der Waals surface area contributed by atoms with Crippen LogP contribution < -0.4 is 5.56 Å². The number of hydrogen-bond donors (Lipinski definition) is 0. The standard InChI is InChI=1S/C27H25N5OS/c1-18-11-14-20(15-12-18)31-25(33)22-9-5-6-10-24(22)32-26(31)28-30(27(32)34)17-29(2)23-16-13-19-7-3-4-8-21(19)23/h3-12,14-15,23H,13,16-17H2,1-2H3. The van der Waals surface area contributed by atoms with E-state index in [4.69, 9.17) is 17.3 Å². The van der Waals surface area contributed by atoms with E-state index in [9.17, 15) is 4.79 Å². The molecule has 6 rings (SSSR count). The number of hydrogen-bond acceptors (Lipinski definition) is 4. The minimum absolute atomic E-state index is 0.0998. The summed E-state index contributed by atoms with van der Waals surface area (Å²) in [4.78, 5) is 15.9. The molecule has 0 amide bonds. The second kappa shape index (κ2) is 8.04. The predicted molar refractivity (Wildman–Crippen MR) is 137 cm³/mol. The van der Waals surface area contributed by atoms with Gasteiger partial charge in [-0.2, -0.15) is 0 Å². The number of fused-ring (bicyclic) bond motifs is 4. The molecule has 1 unspecified atom stereocenters. The summed E-state index contributed by atoms with van der Waals surface area (Å²) in [5.41, 5.74) is 5.37. The molecule has 34 heavy (non-hydrogen) atoms. The molecule has 3 aromatic carbocycles. The molecule has 2 heterocycles. The van der Waals surface area contributed by atoms with Gasteiger partial charge in [0.15, 0.2) is 0 Å². The summed E-state index contributed by atoms with van der Waals surface area (Å²) in [6.07, 6.45) is 2.16. The molecular formula is C27H25N5OS. The Hall–Kier alpha value is -3.55. The quantitative estimate of drug-likeness (QED) is 0.347. The van der Waals surface area contributed by atoms with Gasteiger partial charge in [-0.05, 0) is 74.4 Å². The summed E-state index contributed by atoms with van der Waals surface area (Å²) >= 11 is 5.92. The van der Waals surface area contributed by atoms with Gasteiger partial charge in [0, 0.05) is 6.04 Å². The second-order valence-corrected chi connectivity index (χ2v) is 9.43. The van der Waals surface area contributed by atoms with Crippen molar-refractivity contribution in [3.63, 3.8) is 0 Å². The minimum Gasteiger partial charge on any atom is -0.280 e. The fraction of sp³-hybridized carbons (Fsp3) is 0.222. The van der Waals surface area contributed by atoms with Gasteiger partial charge in [0.25, 0.3) is 5.56 Å². The van der Waals surface area contributed by atoms with Gasteiger partial charge in [-0.25, -0.2) is 9.25 Å². The van der Waals surface area contributed by atoms with Crippen molar-refractivity contribution in [3.8, 4) is 5.69 Å². The lowest BCUT2D eigenvalue weighted by Crippen LogP contribution is -2.26. The molecule has 6 nitrogen and oxygen atoms in total. The molecule has 0 radical (unpaired) electrons. The topological polar surface area (TPSA) is 47.5 Å². The number of aromatic nitrogens is 4. The predicted octanol–water partition coefficient (Wildman–Crippen LogP) is 5.05. The maximum atomic E-state index is 13.6. The summed E-state index contributed by atoms with van der Waals surface area (Å²) < 4.78 is 5.99. The van der Waals surface area contributed by atoms with Gasteiger partial charge >= 0.3 is 0 Å². The first-order chi connectivity index (χ1) is 16.5. The Morgan fingerprint density at radius 2 is 1.76 bits per heavy atom. The fourth-order valence-electron chi connectivity index (χ4n) is 5.13. The van der Waals surface area contributed by atoms with Crippen LogP contribution in [-0.2, 0) is 13.1 Å². The second-order valence-electron chi connectivity index (χ2n) is 9.06. The van der Waals surface area contributed by atoms with Crippen molar-refractivity contribution >= 4 is 28.9 Å². The first-order valence-electron chi connectivity index (χ1n) is 11.5. The van der Waals surface area contributed by atoms with Gasteiger partial charge in [0.05, 0.1) is 23.3 Å². The van der Waals surface area contributed by atoms with E-state index in [2.05, 4.69) is 36.2 Å². The lowest BCUT2D eigenvalue weighted by Gasteiger charge is -2.24. The van der Waals surface area contributed by atoms with Crippen LogP contribution in [0.2, 0.25) is 0 Å². The monoisotopic (exact) mass is 467 g/mol. The zero-order chi connectivity index (χ0) is 23.4. The molecule has 1 aliphatic carbocycles. The Morgan fingerprint density at radius 3 is 2.59 bits per heavy atom. The van der Waals surface area contributed by atoms with E-state index in [1.165, 1.54) is 11.1 Å². The normalized spacial score (nSPS) is 15.4. The van der Waals surface area contributed by atoms with E-state index in [0.717, 1.165) is 29.6 Å². The zero-order valence-electron chi connectivity index (χ0n) is 19.2. The maximum Gasteiger partial charge on any atom is 0.267 e. The van der Waals surface area contributed by atoms with Crippen LogP contribution in [0, 0.1) is 11.7 Å². The van der Waals surface area contributed by atoms with Crippen molar-refractivity contribution in [3.05, 3.63) is 105 Å². The van der Waals surface area contributed by atoms with Crippen molar-refractivity contribution in [2.24, 2.45) is 0 Å². The largest absolute Gasteiger partial charge is 0.280 e. The van der Waals surface area contributed by atoms with Crippen LogP contribution >= 0.6 is 12.2 Å². The van der Waals surface area contributed by atoms with E-state index >= 15 is 0 Å². The zero-order valence-corrected chi connectivity index (χ0v) is 20.0. The third kappa shape index (κ3) is 3.23. The third-order valence-electron chi connectivity index (χ3n) is 6.88. The average molecular weight is 468 g/mol.